The molecule has 0 spiro atoms. The number of rotatable bonds is 4. The van der Waals surface area contributed by atoms with Crippen molar-refractivity contribution in [2.45, 2.75) is 13.8 Å². The summed E-state index contributed by atoms with van der Waals surface area (Å²) in [6.07, 6.45) is 0. The van der Waals surface area contributed by atoms with Crippen LogP contribution in [0.4, 0.5) is 0 Å². The first-order valence-corrected chi connectivity index (χ1v) is 8.99. The summed E-state index contributed by atoms with van der Waals surface area (Å²) in [5.41, 5.74) is 8.25. The molecule has 6 nitrogen and oxygen atoms in total. The molecule has 0 saturated carbocycles. The van der Waals surface area contributed by atoms with Crippen LogP contribution < -0.4 is 15.6 Å². The summed E-state index contributed by atoms with van der Waals surface area (Å²) < 4.78 is 4.99. The van der Waals surface area contributed by atoms with Crippen molar-refractivity contribution in [1.29, 1.82) is 0 Å². The first-order chi connectivity index (χ1) is 13.9. The summed E-state index contributed by atoms with van der Waals surface area (Å²) in [5.74, 6) is -0.973. The topological polar surface area (TPSA) is 84.5 Å². The number of aryl methyl sites for hydroxylation is 1. The fourth-order valence-electron chi connectivity index (χ4n) is 2.82. The number of nitrogens with one attached hydrogen (secondary N) is 2. The van der Waals surface area contributed by atoms with Crippen LogP contribution in [0.2, 0.25) is 0 Å². The highest BCUT2D eigenvalue weighted by atomic mass is 16.5. The molecule has 3 aromatic carbocycles. The third-order valence-electron chi connectivity index (χ3n) is 4.25. The normalized spacial score (nSPS) is 10.1. The molecule has 0 saturated heterocycles. The first-order valence-electron chi connectivity index (χ1n) is 8.99. The van der Waals surface area contributed by atoms with Gasteiger partial charge in [-0.3, -0.25) is 25.2 Å². The van der Waals surface area contributed by atoms with Crippen molar-refractivity contribution in [2.24, 2.45) is 0 Å². The van der Waals surface area contributed by atoms with Crippen molar-refractivity contribution in [2.75, 3.05) is 0 Å². The van der Waals surface area contributed by atoms with Crippen molar-refractivity contribution in [1.82, 2.24) is 10.9 Å². The van der Waals surface area contributed by atoms with Crippen LogP contribution in [0, 0.1) is 6.92 Å². The Morgan fingerprint density at radius 1 is 0.759 bits per heavy atom. The Kier molecular flexibility index (Phi) is 6.04. The van der Waals surface area contributed by atoms with Gasteiger partial charge in [0.05, 0.1) is 0 Å². The largest absolute Gasteiger partial charge is 0.427 e. The Morgan fingerprint density at radius 2 is 1.38 bits per heavy atom. The average Bonchev–Trinajstić information content (AvgIpc) is 2.72. The van der Waals surface area contributed by atoms with E-state index in [4.69, 9.17) is 4.74 Å². The number of hydrogen-bond acceptors (Lipinski definition) is 4. The number of hydrazine groups is 1. The van der Waals surface area contributed by atoms with Gasteiger partial charge in [-0.2, -0.15) is 0 Å². The van der Waals surface area contributed by atoms with E-state index in [2.05, 4.69) is 10.9 Å². The molecule has 0 radical (unpaired) electrons. The van der Waals surface area contributed by atoms with E-state index in [9.17, 15) is 14.4 Å². The molecule has 29 heavy (non-hydrogen) atoms. The number of hydrogen-bond donors (Lipinski definition) is 2. The summed E-state index contributed by atoms with van der Waals surface area (Å²) in [4.78, 5) is 35.7. The fourth-order valence-corrected chi connectivity index (χ4v) is 2.82. The molecule has 0 unspecified atom stereocenters. The second-order valence-electron chi connectivity index (χ2n) is 6.42. The van der Waals surface area contributed by atoms with Crippen LogP contribution in [0.25, 0.3) is 11.1 Å². The Labute approximate surface area is 168 Å². The second kappa shape index (κ2) is 8.84. The van der Waals surface area contributed by atoms with Gasteiger partial charge in [-0.25, -0.2) is 0 Å². The lowest BCUT2D eigenvalue weighted by Crippen LogP contribution is -2.41. The van der Waals surface area contributed by atoms with Crippen LogP contribution in [0.1, 0.15) is 33.2 Å². The van der Waals surface area contributed by atoms with E-state index in [1.807, 2.05) is 42.5 Å². The number of benzene rings is 3. The molecule has 2 amide bonds. The number of carbonyl (C=O) groups is 3. The van der Waals surface area contributed by atoms with E-state index >= 15 is 0 Å². The maximum absolute atomic E-state index is 12.3. The van der Waals surface area contributed by atoms with Gasteiger partial charge in [0.25, 0.3) is 11.8 Å². The minimum absolute atomic E-state index is 0.356. The Balaban J connectivity index is 1.61. The molecule has 3 aromatic rings. The molecule has 3 rings (SSSR count). The van der Waals surface area contributed by atoms with Gasteiger partial charge < -0.3 is 4.74 Å². The van der Waals surface area contributed by atoms with Crippen LogP contribution >= 0.6 is 0 Å². The molecule has 0 aliphatic rings. The highest BCUT2D eigenvalue weighted by Crippen LogP contribution is 2.19. The third-order valence-corrected chi connectivity index (χ3v) is 4.25. The number of esters is 1. The molecule has 0 fully saturated rings. The summed E-state index contributed by atoms with van der Waals surface area (Å²) in [6, 6.07) is 21.6. The third kappa shape index (κ3) is 5.07. The zero-order valence-electron chi connectivity index (χ0n) is 16.1. The predicted octanol–water partition coefficient (Wildman–Crippen LogP) is 3.66. The van der Waals surface area contributed by atoms with Crippen molar-refractivity contribution in [3.05, 3.63) is 89.5 Å². The molecule has 0 atom stereocenters. The van der Waals surface area contributed by atoms with Crippen LogP contribution in [0.5, 0.6) is 5.75 Å². The van der Waals surface area contributed by atoms with E-state index < -0.39 is 17.8 Å². The van der Waals surface area contributed by atoms with Gasteiger partial charge in [0.2, 0.25) is 0 Å². The summed E-state index contributed by atoms with van der Waals surface area (Å²) >= 11 is 0. The highest BCUT2D eigenvalue weighted by molar-refractivity contribution is 6.00. The maximum atomic E-state index is 12.3. The van der Waals surface area contributed by atoms with Crippen LogP contribution in [-0.4, -0.2) is 17.8 Å². The molecule has 0 heterocycles. The van der Waals surface area contributed by atoms with Crippen molar-refractivity contribution >= 4 is 17.8 Å². The average molecular weight is 388 g/mol. The Bertz CT molecular complexity index is 1040. The zero-order valence-corrected chi connectivity index (χ0v) is 16.1. The Hall–Kier alpha value is -3.93. The van der Waals surface area contributed by atoms with Gasteiger partial charge in [-0.05, 0) is 53.9 Å². The molecule has 0 bridgehead atoms. The van der Waals surface area contributed by atoms with Crippen molar-refractivity contribution in [3.8, 4) is 16.9 Å². The molecular formula is C23H20N2O4. The minimum Gasteiger partial charge on any atom is -0.427 e. The van der Waals surface area contributed by atoms with Gasteiger partial charge in [0.1, 0.15) is 5.75 Å². The molecule has 146 valence electrons. The van der Waals surface area contributed by atoms with E-state index in [1.54, 1.807) is 25.1 Å². The molecule has 0 aliphatic carbocycles. The molecule has 6 heteroatoms. The first kappa shape index (κ1) is 19.8. The number of amides is 2. The van der Waals surface area contributed by atoms with Crippen LogP contribution in [0.15, 0.2) is 72.8 Å². The molecule has 2 N–H and O–H groups in total. The SMILES string of the molecule is CC(=O)Oc1ccc(C(=O)NNC(=O)c2ccc(-c3ccccc3)cc2)c(C)c1. The van der Waals surface area contributed by atoms with Gasteiger partial charge >= 0.3 is 5.97 Å². The summed E-state index contributed by atoms with van der Waals surface area (Å²) in [7, 11) is 0. The zero-order chi connectivity index (χ0) is 20.8. The summed E-state index contributed by atoms with van der Waals surface area (Å²) in [5, 5.41) is 0. The standard InChI is InChI=1S/C23H20N2O4/c1-15-14-20(29-16(2)26)12-13-21(15)23(28)25-24-22(27)19-10-8-18(9-11-19)17-6-4-3-5-7-17/h3-14H,1-2H3,(H,24,27)(H,25,28). The lowest BCUT2D eigenvalue weighted by molar-refractivity contribution is -0.131. The highest BCUT2D eigenvalue weighted by Gasteiger charge is 2.12. The number of carbonyl (C=O) groups excluding carboxylic acids is 3. The van der Waals surface area contributed by atoms with Gasteiger partial charge in [-0.15, -0.1) is 0 Å². The summed E-state index contributed by atoms with van der Waals surface area (Å²) in [6.45, 7) is 3.02. The number of ether oxygens (including phenoxy) is 1. The second-order valence-corrected chi connectivity index (χ2v) is 6.42. The Morgan fingerprint density at radius 3 is 2.00 bits per heavy atom. The van der Waals surface area contributed by atoms with E-state index in [-0.39, 0.29) is 0 Å². The van der Waals surface area contributed by atoms with E-state index in [0.717, 1.165) is 11.1 Å². The van der Waals surface area contributed by atoms with E-state index in [1.165, 1.54) is 19.1 Å². The molecular weight excluding hydrogens is 368 g/mol. The lowest BCUT2D eigenvalue weighted by atomic mass is 10.0. The lowest BCUT2D eigenvalue weighted by Gasteiger charge is -2.11. The smallest absolute Gasteiger partial charge is 0.308 e. The van der Waals surface area contributed by atoms with Crippen molar-refractivity contribution in [3.63, 3.8) is 0 Å². The molecule has 0 aromatic heterocycles. The van der Waals surface area contributed by atoms with Gasteiger partial charge in [-0.1, -0.05) is 42.5 Å². The van der Waals surface area contributed by atoms with Gasteiger partial charge in [0, 0.05) is 18.1 Å². The minimum atomic E-state index is -0.467. The fraction of sp³-hybridized carbons (Fsp3) is 0.0870. The monoisotopic (exact) mass is 388 g/mol. The van der Waals surface area contributed by atoms with E-state index in [0.29, 0.717) is 22.4 Å². The quantitative estimate of drug-likeness (QED) is 0.406. The maximum Gasteiger partial charge on any atom is 0.308 e. The van der Waals surface area contributed by atoms with Crippen LogP contribution in [0.3, 0.4) is 0 Å². The molecule has 0 aliphatic heterocycles. The van der Waals surface area contributed by atoms with Crippen molar-refractivity contribution < 1.29 is 19.1 Å². The van der Waals surface area contributed by atoms with Gasteiger partial charge in [0.15, 0.2) is 0 Å². The predicted molar refractivity (Wildman–Crippen MR) is 109 cm³/mol. The van der Waals surface area contributed by atoms with Crippen LogP contribution in [-0.2, 0) is 4.79 Å².